The molecule has 3 heterocycles. The molecule has 3 aliphatic heterocycles. The van der Waals surface area contributed by atoms with Crippen LogP contribution in [-0.2, 0) is 16.1 Å². The Labute approximate surface area is 144 Å². The SMILES string of the molecule is CC1C(=O)N2C(C(=O)[O-])=CCS[C@@H]12.Nc1ccc2c(c1)CN[C+]=C2. The number of anilines is 1. The lowest BCUT2D eigenvalue weighted by Crippen LogP contribution is -2.60. The van der Waals surface area contributed by atoms with Crippen molar-refractivity contribution in [3.8, 4) is 0 Å². The molecule has 0 aromatic heterocycles. The smallest absolute Gasteiger partial charge is 0.233 e. The summed E-state index contributed by atoms with van der Waals surface area (Å²) < 4.78 is 0. The maximum atomic E-state index is 11.3. The molecule has 1 saturated heterocycles. The number of nitrogens with one attached hydrogen (secondary N) is 1. The van der Waals surface area contributed by atoms with Crippen molar-refractivity contribution in [2.24, 2.45) is 5.92 Å². The molecular formula is C17H17N3O3S. The van der Waals surface area contributed by atoms with Crippen LogP contribution in [-0.4, -0.2) is 27.9 Å². The highest BCUT2D eigenvalue weighted by molar-refractivity contribution is 8.00. The van der Waals surface area contributed by atoms with E-state index >= 15 is 0 Å². The molecule has 1 unspecified atom stereocenters. The third-order valence-corrected chi connectivity index (χ3v) is 5.42. The first-order chi connectivity index (χ1) is 11.5. The quantitative estimate of drug-likeness (QED) is 0.433. The van der Waals surface area contributed by atoms with Gasteiger partial charge < -0.3 is 15.6 Å². The third kappa shape index (κ3) is 2.96. The topological polar surface area (TPSA) is 98.5 Å². The highest BCUT2D eigenvalue weighted by Crippen LogP contribution is 2.40. The second-order valence-corrected chi connectivity index (χ2v) is 6.85. The molecule has 0 radical (unpaired) electrons. The minimum atomic E-state index is -1.26. The van der Waals surface area contributed by atoms with Crippen LogP contribution >= 0.6 is 11.8 Å². The zero-order chi connectivity index (χ0) is 17.3. The van der Waals surface area contributed by atoms with Gasteiger partial charge in [0.05, 0.1) is 35.1 Å². The number of carbonyl (C=O) groups excluding carboxylic acids is 2. The number of β-lactam (4-membered cyclic amide) rings is 1. The number of aliphatic carboxylic acids is 1. The van der Waals surface area contributed by atoms with E-state index in [1.54, 1.807) is 11.8 Å². The van der Waals surface area contributed by atoms with E-state index in [9.17, 15) is 14.7 Å². The summed E-state index contributed by atoms with van der Waals surface area (Å²) in [5.74, 6) is -0.798. The van der Waals surface area contributed by atoms with Crippen molar-refractivity contribution < 1.29 is 14.7 Å². The highest BCUT2D eigenvalue weighted by Gasteiger charge is 2.47. The number of nitrogens with zero attached hydrogens (tertiary/aromatic N) is 1. The van der Waals surface area contributed by atoms with Crippen molar-refractivity contribution in [1.29, 1.82) is 0 Å². The number of carbonyl (C=O) groups is 2. The Kier molecular flexibility index (Phi) is 4.46. The number of thioether (sulfide) groups is 1. The molecule has 1 amide bonds. The summed E-state index contributed by atoms with van der Waals surface area (Å²) in [6.45, 7) is 2.64. The minimum Gasteiger partial charge on any atom is -0.543 e. The van der Waals surface area contributed by atoms with E-state index in [4.69, 9.17) is 5.73 Å². The molecule has 2 atom stereocenters. The maximum absolute atomic E-state index is 11.3. The molecule has 4 rings (SSSR count). The lowest BCUT2D eigenvalue weighted by Gasteiger charge is -2.48. The maximum Gasteiger partial charge on any atom is 0.233 e. The first-order valence-corrected chi connectivity index (χ1v) is 8.60. The third-order valence-electron chi connectivity index (χ3n) is 4.10. The Bertz CT molecular complexity index is 745. The number of nitrogens with two attached hydrogens (primary N) is 1. The largest absolute Gasteiger partial charge is 0.543 e. The van der Waals surface area contributed by atoms with Crippen molar-refractivity contribution in [1.82, 2.24) is 10.2 Å². The van der Waals surface area contributed by atoms with Gasteiger partial charge >= 0.3 is 0 Å². The lowest BCUT2D eigenvalue weighted by atomic mass is 9.99. The molecule has 0 spiro atoms. The van der Waals surface area contributed by atoms with Gasteiger partial charge in [-0.2, -0.15) is 0 Å². The van der Waals surface area contributed by atoms with E-state index in [2.05, 4.69) is 11.5 Å². The van der Waals surface area contributed by atoms with Crippen molar-refractivity contribution in [3.05, 3.63) is 47.3 Å². The molecule has 1 aromatic carbocycles. The van der Waals surface area contributed by atoms with Crippen LogP contribution in [0.5, 0.6) is 0 Å². The summed E-state index contributed by atoms with van der Waals surface area (Å²) in [7, 11) is 0. The van der Waals surface area contributed by atoms with Gasteiger partial charge in [0.25, 0.3) is 0 Å². The van der Waals surface area contributed by atoms with Crippen LogP contribution in [0, 0.1) is 12.1 Å². The van der Waals surface area contributed by atoms with E-state index in [0.717, 1.165) is 12.2 Å². The van der Waals surface area contributed by atoms with E-state index in [1.165, 1.54) is 22.1 Å². The predicted molar refractivity (Wildman–Crippen MR) is 90.7 cm³/mol. The van der Waals surface area contributed by atoms with Crippen LogP contribution in [0.4, 0.5) is 5.69 Å². The molecule has 0 bridgehead atoms. The van der Waals surface area contributed by atoms with Crippen molar-refractivity contribution in [2.75, 3.05) is 11.5 Å². The lowest BCUT2D eigenvalue weighted by molar-refractivity contribution is -0.301. The van der Waals surface area contributed by atoms with Gasteiger partial charge in [-0.1, -0.05) is 6.92 Å². The fraction of sp³-hybridized carbons (Fsp3) is 0.294. The van der Waals surface area contributed by atoms with Crippen molar-refractivity contribution in [3.63, 3.8) is 0 Å². The predicted octanol–water partition coefficient (Wildman–Crippen LogP) is 0.317. The zero-order valence-corrected chi connectivity index (χ0v) is 13.9. The molecular weight excluding hydrogens is 326 g/mol. The van der Waals surface area contributed by atoms with Crippen LogP contribution < -0.4 is 16.2 Å². The molecule has 24 heavy (non-hydrogen) atoms. The minimum absolute atomic E-state index is 0.00500. The average Bonchev–Trinajstić information content (AvgIpc) is 2.60. The van der Waals surface area contributed by atoms with Crippen LogP contribution in [0.25, 0.3) is 6.08 Å². The Balaban J connectivity index is 0.000000143. The monoisotopic (exact) mass is 343 g/mol. The number of fused-ring (bicyclic) bond motifs is 2. The number of carboxylic acids is 1. The number of hydrogen-bond acceptors (Lipinski definition) is 6. The molecule has 1 aromatic rings. The molecule has 0 aliphatic carbocycles. The fourth-order valence-corrected chi connectivity index (χ4v) is 4.01. The van der Waals surface area contributed by atoms with Gasteiger partial charge in [0.15, 0.2) is 12.3 Å². The van der Waals surface area contributed by atoms with Crippen LogP contribution in [0.3, 0.4) is 0 Å². The Morgan fingerprint density at radius 2 is 2.29 bits per heavy atom. The molecule has 7 heteroatoms. The number of nitrogen functional groups attached to an aromatic ring is 1. The van der Waals surface area contributed by atoms with Gasteiger partial charge in [-0.05, 0) is 18.2 Å². The summed E-state index contributed by atoms with van der Waals surface area (Å²) in [5, 5.41) is 13.6. The Morgan fingerprint density at radius 1 is 1.50 bits per heavy atom. The second kappa shape index (κ2) is 6.55. The summed E-state index contributed by atoms with van der Waals surface area (Å²) >= 11 is 1.58. The highest BCUT2D eigenvalue weighted by atomic mass is 32.2. The number of benzene rings is 1. The van der Waals surface area contributed by atoms with Gasteiger partial charge in [0.2, 0.25) is 5.91 Å². The van der Waals surface area contributed by atoms with E-state index in [0.29, 0.717) is 5.75 Å². The van der Waals surface area contributed by atoms with Crippen LogP contribution in [0.2, 0.25) is 0 Å². The first-order valence-electron chi connectivity index (χ1n) is 7.55. The molecule has 124 valence electrons. The molecule has 6 nitrogen and oxygen atoms in total. The number of hydrogen-bond donors (Lipinski definition) is 2. The number of carboxylic acid groups (broad SMARTS) is 1. The molecule has 1 fully saturated rings. The van der Waals surface area contributed by atoms with Crippen LogP contribution in [0.1, 0.15) is 18.1 Å². The number of rotatable bonds is 1. The van der Waals surface area contributed by atoms with E-state index < -0.39 is 5.97 Å². The summed E-state index contributed by atoms with van der Waals surface area (Å²) in [6, 6.07) is 5.90. The second-order valence-electron chi connectivity index (χ2n) is 5.70. The molecule has 3 aliphatic rings. The van der Waals surface area contributed by atoms with Crippen molar-refractivity contribution >= 4 is 35.4 Å². The van der Waals surface area contributed by atoms with Gasteiger partial charge in [-0.15, -0.1) is 11.8 Å². The van der Waals surface area contributed by atoms with E-state index in [1.807, 2.05) is 31.2 Å². The Morgan fingerprint density at radius 3 is 3.04 bits per heavy atom. The van der Waals surface area contributed by atoms with Gasteiger partial charge in [-0.3, -0.25) is 15.0 Å². The first kappa shape index (κ1) is 16.4. The average molecular weight is 343 g/mol. The molecule has 0 saturated carbocycles. The van der Waals surface area contributed by atoms with Crippen molar-refractivity contribution in [2.45, 2.75) is 18.8 Å². The summed E-state index contributed by atoms with van der Waals surface area (Å²) in [5.41, 5.74) is 8.92. The molecule has 3 N–H and O–H groups in total. The van der Waals surface area contributed by atoms with Gasteiger partial charge in [-0.25, -0.2) is 0 Å². The summed E-state index contributed by atoms with van der Waals surface area (Å²) in [4.78, 5) is 23.2. The Hall–Kier alpha value is -2.50. The van der Waals surface area contributed by atoms with Gasteiger partial charge in [0.1, 0.15) is 5.56 Å². The zero-order valence-electron chi connectivity index (χ0n) is 13.1. The van der Waals surface area contributed by atoms with E-state index in [-0.39, 0.29) is 22.9 Å². The standard InChI is InChI=1S/C9H9N2.C8H9NO3S/c10-9-2-1-7-3-4-11-6-8(7)5-9;1-4-6(10)9-5(8(11)12)2-3-13-7(4)9/h1-3,5,11H,6,10H2;2,4,7H,3H2,1H3,(H,11,12)/q+1;/p-1/t;4?,7-/m.0/s1. The van der Waals surface area contributed by atoms with Crippen LogP contribution in [0.15, 0.2) is 30.0 Å². The number of amides is 1. The normalized spacial score (nSPS) is 23.3. The summed E-state index contributed by atoms with van der Waals surface area (Å²) in [6.07, 6.45) is 6.40. The van der Waals surface area contributed by atoms with Gasteiger partial charge in [0, 0.05) is 17.5 Å². The fourth-order valence-electron chi connectivity index (χ4n) is 2.78.